The quantitative estimate of drug-likeness (QED) is 0.775. The second-order valence-electron chi connectivity index (χ2n) is 5.54. The van der Waals surface area contributed by atoms with Gasteiger partial charge in [0.15, 0.2) is 18.1 Å². The van der Waals surface area contributed by atoms with Crippen LogP contribution in [0.3, 0.4) is 0 Å². The van der Waals surface area contributed by atoms with Crippen LogP contribution in [0.1, 0.15) is 10.4 Å². The highest BCUT2D eigenvalue weighted by atomic mass is 35.5. The molecule has 2 N–H and O–H groups in total. The topological polar surface area (TPSA) is 94.1 Å². The number of hydrogen-bond acceptors (Lipinski definition) is 6. The maximum absolute atomic E-state index is 11.9. The molecule has 0 saturated heterocycles. The first kappa shape index (κ1) is 17.9. The third-order valence-electron chi connectivity index (χ3n) is 3.61. The summed E-state index contributed by atoms with van der Waals surface area (Å²) in [4.78, 5) is 23.7. The summed E-state index contributed by atoms with van der Waals surface area (Å²) < 4.78 is 16.1. The van der Waals surface area contributed by atoms with Crippen LogP contribution in [0.5, 0.6) is 17.2 Å². The third-order valence-corrected chi connectivity index (χ3v) is 3.84. The van der Waals surface area contributed by atoms with E-state index in [1.165, 1.54) is 18.2 Å². The molecule has 2 aromatic rings. The Morgan fingerprint density at radius 1 is 1.23 bits per heavy atom. The van der Waals surface area contributed by atoms with Crippen molar-refractivity contribution in [2.24, 2.45) is 0 Å². The van der Waals surface area contributed by atoms with Crippen LogP contribution in [-0.4, -0.2) is 42.8 Å². The fourth-order valence-electron chi connectivity index (χ4n) is 2.33. The van der Waals surface area contributed by atoms with Crippen molar-refractivity contribution in [3.8, 4) is 17.2 Å². The van der Waals surface area contributed by atoms with Crippen molar-refractivity contribution in [1.82, 2.24) is 5.32 Å². The Hall–Kier alpha value is -2.93. The lowest BCUT2D eigenvalue weighted by Crippen LogP contribution is -2.42. The lowest BCUT2D eigenvalue weighted by molar-refractivity contribution is -0.124. The number of phenolic OH excluding ortho intramolecular Hbond substituents is 1. The first-order valence-corrected chi connectivity index (χ1v) is 8.21. The van der Waals surface area contributed by atoms with Crippen molar-refractivity contribution in [2.45, 2.75) is 6.10 Å². The summed E-state index contributed by atoms with van der Waals surface area (Å²) in [5, 5.41) is 12.6. The van der Waals surface area contributed by atoms with Crippen LogP contribution in [0.25, 0.3) is 0 Å². The van der Waals surface area contributed by atoms with Crippen LogP contribution < -0.4 is 14.8 Å². The molecule has 0 radical (unpaired) electrons. The van der Waals surface area contributed by atoms with Crippen LogP contribution in [0, 0.1) is 0 Å². The summed E-state index contributed by atoms with van der Waals surface area (Å²) in [5.74, 6) is -0.349. The van der Waals surface area contributed by atoms with E-state index in [0.29, 0.717) is 18.1 Å². The highest BCUT2D eigenvalue weighted by Crippen LogP contribution is 2.30. The predicted molar refractivity (Wildman–Crippen MR) is 92.8 cm³/mol. The van der Waals surface area contributed by atoms with Crippen LogP contribution in [0.4, 0.5) is 0 Å². The van der Waals surface area contributed by atoms with Crippen molar-refractivity contribution in [3.63, 3.8) is 0 Å². The van der Waals surface area contributed by atoms with Crippen molar-refractivity contribution in [2.75, 3.05) is 19.8 Å². The number of hydrogen-bond donors (Lipinski definition) is 2. The van der Waals surface area contributed by atoms with Gasteiger partial charge < -0.3 is 24.6 Å². The molecule has 1 aliphatic heterocycles. The Labute approximate surface area is 154 Å². The molecule has 0 fully saturated rings. The standard InChI is InChI=1S/C18H16ClNO6/c19-11-5-6-13(14(21)7-11)18(23)25-10-17(22)20-8-12-9-24-15-3-1-2-4-16(15)26-12/h1-7,12,21H,8-10H2,(H,20,22). The fourth-order valence-corrected chi connectivity index (χ4v) is 2.49. The zero-order chi connectivity index (χ0) is 18.5. The molecule has 0 aliphatic carbocycles. The molecule has 3 rings (SSSR count). The maximum Gasteiger partial charge on any atom is 0.342 e. The minimum absolute atomic E-state index is 0.0668. The highest BCUT2D eigenvalue weighted by Gasteiger charge is 2.21. The Kier molecular flexibility index (Phi) is 5.48. The van der Waals surface area contributed by atoms with Gasteiger partial charge in [-0.05, 0) is 30.3 Å². The van der Waals surface area contributed by atoms with Crippen molar-refractivity contribution >= 4 is 23.5 Å². The number of phenols is 1. The number of fused-ring (bicyclic) bond motifs is 1. The van der Waals surface area contributed by atoms with Crippen LogP contribution in [0.15, 0.2) is 42.5 Å². The maximum atomic E-state index is 11.9. The molecule has 0 spiro atoms. The summed E-state index contributed by atoms with van der Waals surface area (Å²) in [7, 11) is 0. The first-order valence-electron chi connectivity index (χ1n) is 7.84. The molecule has 1 amide bonds. The Morgan fingerprint density at radius 3 is 2.77 bits per heavy atom. The molecule has 26 heavy (non-hydrogen) atoms. The second-order valence-corrected chi connectivity index (χ2v) is 5.98. The summed E-state index contributed by atoms with van der Waals surface area (Å²) in [6, 6.07) is 11.2. The monoisotopic (exact) mass is 377 g/mol. The van der Waals surface area contributed by atoms with E-state index in [2.05, 4.69) is 5.32 Å². The van der Waals surface area contributed by atoms with E-state index in [-0.39, 0.29) is 29.0 Å². The van der Waals surface area contributed by atoms with Gasteiger partial charge in [0.25, 0.3) is 5.91 Å². The normalized spacial score (nSPS) is 15.2. The van der Waals surface area contributed by atoms with Gasteiger partial charge in [0.2, 0.25) is 0 Å². The van der Waals surface area contributed by atoms with E-state index in [0.717, 1.165) is 0 Å². The predicted octanol–water partition coefficient (Wildman–Crippen LogP) is 2.16. The first-order chi connectivity index (χ1) is 12.5. The number of halogens is 1. The molecule has 7 nitrogen and oxygen atoms in total. The number of nitrogens with one attached hydrogen (secondary N) is 1. The number of carbonyl (C=O) groups is 2. The average Bonchev–Trinajstić information content (AvgIpc) is 2.64. The average molecular weight is 378 g/mol. The van der Waals surface area contributed by atoms with E-state index < -0.39 is 18.5 Å². The van der Waals surface area contributed by atoms with Gasteiger partial charge in [-0.2, -0.15) is 0 Å². The zero-order valence-electron chi connectivity index (χ0n) is 13.6. The summed E-state index contributed by atoms with van der Waals surface area (Å²) >= 11 is 5.70. The number of esters is 1. The largest absolute Gasteiger partial charge is 0.507 e. The molecule has 0 saturated carbocycles. The SMILES string of the molecule is O=C(COC(=O)c1ccc(Cl)cc1O)NCC1COc2ccccc2O1. The Balaban J connectivity index is 1.44. The van der Waals surface area contributed by atoms with Crippen molar-refractivity contribution in [1.29, 1.82) is 0 Å². The molecule has 136 valence electrons. The van der Waals surface area contributed by atoms with Crippen molar-refractivity contribution in [3.05, 3.63) is 53.1 Å². The highest BCUT2D eigenvalue weighted by molar-refractivity contribution is 6.30. The fraction of sp³-hybridized carbons (Fsp3) is 0.222. The number of carbonyl (C=O) groups excluding carboxylic acids is 2. The zero-order valence-corrected chi connectivity index (χ0v) is 14.4. The molecular formula is C18H16ClNO6. The number of rotatable bonds is 5. The van der Waals surface area contributed by atoms with Gasteiger partial charge in [-0.3, -0.25) is 4.79 Å². The molecule has 1 unspecified atom stereocenters. The number of para-hydroxylation sites is 2. The van der Waals surface area contributed by atoms with Crippen LogP contribution >= 0.6 is 11.6 Å². The molecular weight excluding hydrogens is 362 g/mol. The minimum Gasteiger partial charge on any atom is -0.507 e. The van der Waals surface area contributed by atoms with Gasteiger partial charge >= 0.3 is 5.97 Å². The summed E-state index contributed by atoms with van der Waals surface area (Å²) in [6.07, 6.45) is -0.343. The van der Waals surface area contributed by atoms with Gasteiger partial charge in [0, 0.05) is 5.02 Å². The molecule has 0 bridgehead atoms. The van der Waals surface area contributed by atoms with Crippen LogP contribution in [-0.2, 0) is 9.53 Å². The number of ether oxygens (including phenoxy) is 3. The van der Waals surface area contributed by atoms with Gasteiger partial charge in [-0.1, -0.05) is 23.7 Å². The number of aromatic hydroxyl groups is 1. The molecule has 1 atom stereocenters. The van der Waals surface area contributed by atoms with E-state index in [1.807, 2.05) is 12.1 Å². The van der Waals surface area contributed by atoms with E-state index in [4.69, 9.17) is 25.8 Å². The molecule has 1 heterocycles. The van der Waals surface area contributed by atoms with Gasteiger partial charge in [-0.15, -0.1) is 0 Å². The summed E-state index contributed by atoms with van der Waals surface area (Å²) in [6.45, 7) is 0.0255. The van der Waals surface area contributed by atoms with E-state index >= 15 is 0 Å². The minimum atomic E-state index is -0.819. The van der Waals surface area contributed by atoms with Gasteiger partial charge in [-0.25, -0.2) is 4.79 Å². The smallest absolute Gasteiger partial charge is 0.342 e. The van der Waals surface area contributed by atoms with Gasteiger partial charge in [0.1, 0.15) is 24.0 Å². The molecule has 8 heteroatoms. The molecule has 1 aliphatic rings. The van der Waals surface area contributed by atoms with Crippen LogP contribution in [0.2, 0.25) is 5.02 Å². The van der Waals surface area contributed by atoms with E-state index in [1.54, 1.807) is 12.1 Å². The number of benzene rings is 2. The second kappa shape index (κ2) is 7.97. The van der Waals surface area contributed by atoms with Gasteiger partial charge in [0.05, 0.1) is 6.54 Å². The lowest BCUT2D eigenvalue weighted by atomic mass is 10.2. The lowest BCUT2D eigenvalue weighted by Gasteiger charge is -2.26. The molecule has 0 aromatic heterocycles. The Bertz CT molecular complexity index is 825. The molecule has 2 aromatic carbocycles. The van der Waals surface area contributed by atoms with Crippen molar-refractivity contribution < 1.29 is 28.9 Å². The Morgan fingerprint density at radius 2 is 2.00 bits per heavy atom. The van der Waals surface area contributed by atoms with E-state index in [9.17, 15) is 14.7 Å². The number of amides is 1. The third kappa shape index (κ3) is 4.37. The summed E-state index contributed by atoms with van der Waals surface area (Å²) in [5.41, 5.74) is -0.0668.